The van der Waals surface area contributed by atoms with Crippen molar-refractivity contribution in [3.8, 4) is 0 Å². The van der Waals surface area contributed by atoms with Gasteiger partial charge < -0.3 is 47.4 Å². The molecule has 0 heterocycles. The van der Waals surface area contributed by atoms with E-state index >= 15 is 0 Å². The fourth-order valence-corrected chi connectivity index (χ4v) is 4.33. The van der Waals surface area contributed by atoms with E-state index in [9.17, 15) is 53.7 Å². The van der Waals surface area contributed by atoms with E-state index in [1.807, 2.05) is 0 Å². The van der Waals surface area contributed by atoms with Gasteiger partial charge in [-0.3, -0.25) is 33.6 Å². The van der Waals surface area contributed by atoms with Crippen molar-refractivity contribution < 1.29 is 58.8 Å². The molecule has 0 aromatic heterocycles. The van der Waals surface area contributed by atoms with Crippen LogP contribution in [0.4, 0.5) is 0 Å². The van der Waals surface area contributed by atoms with Crippen molar-refractivity contribution in [3.05, 3.63) is 35.9 Å². The topological polar surface area (TPSA) is 292 Å². The molecule has 260 valence electrons. The summed E-state index contributed by atoms with van der Waals surface area (Å²) in [5.74, 6) is -9.84. The highest BCUT2D eigenvalue weighted by molar-refractivity contribution is 5.96. The van der Waals surface area contributed by atoms with Crippen LogP contribution in [0.1, 0.15) is 64.4 Å². The Morgan fingerprint density at radius 3 is 1.38 bits per heavy atom. The largest absolute Gasteiger partial charge is 0.481 e. The molecule has 0 spiro atoms. The lowest BCUT2D eigenvalue weighted by Gasteiger charge is -2.27. The summed E-state index contributed by atoms with van der Waals surface area (Å²) < 4.78 is 0. The molecule has 0 fully saturated rings. The number of hydrogen-bond acceptors (Lipinski definition) is 9. The van der Waals surface area contributed by atoms with E-state index in [-0.39, 0.29) is 6.42 Å². The van der Waals surface area contributed by atoms with Crippen molar-refractivity contribution in [2.24, 2.45) is 11.7 Å². The minimum Gasteiger partial charge on any atom is -0.481 e. The van der Waals surface area contributed by atoms with Crippen molar-refractivity contribution in [2.75, 3.05) is 0 Å². The number of carboxylic acids is 4. The van der Waals surface area contributed by atoms with E-state index in [4.69, 9.17) is 10.8 Å². The third kappa shape index (κ3) is 15.2. The quantitative estimate of drug-likeness (QED) is 0.0735. The molecule has 0 saturated carbocycles. The SMILES string of the molecule is CCC(C)C(NC(=O)C(CCC(=O)O)NC(=O)C(CCC(=O)O)NC(=O)C(CCC(=O)O)NC(=O)C(N)Cc1ccccc1)C(=O)O. The molecule has 1 aromatic rings. The molecule has 1 aromatic carbocycles. The molecule has 0 aliphatic heterocycles. The molecule has 10 N–H and O–H groups in total. The maximum atomic E-state index is 13.3. The maximum absolute atomic E-state index is 13.3. The number of rotatable bonds is 22. The Balaban J connectivity index is 3.22. The molecular formula is C30H43N5O12. The van der Waals surface area contributed by atoms with Gasteiger partial charge in [0.1, 0.15) is 24.2 Å². The molecule has 0 saturated heterocycles. The van der Waals surface area contributed by atoms with Gasteiger partial charge in [-0.15, -0.1) is 0 Å². The first-order valence-corrected chi connectivity index (χ1v) is 14.9. The Morgan fingerprint density at radius 1 is 0.638 bits per heavy atom. The number of aliphatic carboxylic acids is 4. The summed E-state index contributed by atoms with van der Waals surface area (Å²) in [6.07, 6.45) is -2.79. The first kappa shape index (κ1) is 40.0. The summed E-state index contributed by atoms with van der Waals surface area (Å²) in [6, 6.07) is 1.42. The molecule has 6 atom stereocenters. The van der Waals surface area contributed by atoms with Gasteiger partial charge in [0.15, 0.2) is 0 Å². The van der Waals surface area contributed by atoms with E-state index in [0.29, 0.717) is 12.0 Å². The fraction of sp³-hybridized carbons (Fsp3) is 0.533. The van der Waals surface area contributed by atoms with Crippen LogP contribution in [0.3, 0.4) is 0 Å². The molecule has 0 aliphatic rings. The second-order valence-corrected chi connectivity index (χ2v) is 11.0. The lowest BCUT2D eigenvalue weighted by molar-refractivity contribution is -0.144. The number of carbonyl (C=O) groups is 8. The number of hydrogen-bond donors (Lipinski definition) is 9. The summed E-state index contributed by atoms with van der Waals surface area (Å²) in [6.45, 7) is 3.25. The Hall–Kier alpha value is -5.06. The van der Waals surface area contributed by atoms with Gasteiger partial charge in [-0.2, -0.15) is 0 Å². The number of carbonyl (C=O) groups excluding carboxylic acids is 4. The van der Waals surface area contributed by atoms with Gasteiger partial charge in [-0.25, -0.2) is 4.79 Å². The standard InChI is InChI=1S/C30H43N5O12/c1-3-16(2)25(30(46)47)35-29(45)21(11-14-24(40)41)34-28(44)20(10-13-23(38)39)33-27(43)19(9-12-22(36)37)32-26(42)18(31)15-17-7-5-4-6-8-17/h4-8,16,18-21,25H,3,9-15,31H2,1-2H3,(H,32,42)(H,33,43)(H,34,44)(H,35,45)(H,36,37)(H,38,39)(H,40,41)(H,46,47). The summed E-state index contributed by atoms with van der Waals surface area (Å²) >= 11 is 0. The molecule has 17 heteroatoms. The van der Waals surface area contributed by atoms with E-state index < -0.39 is 122 Å². The predicted molar refractivity (Wildman–Crippen MR) is 164 cm³/mol. The van der Waals surface area contributed by atoms with Gasteiger partial charge in [-0.1, -0.05) is 50.6 Å². The summed E-state index contributed by atoms with van der Waals surface area (Å²) in [7, 11) is 0. The van der Waals surface area contributed by atoms with E-state index in [1.54, 1.807) is 44.2 Å². The van der Waals surface area contributed by atoms with Crippen molar-refractivity contribution >= 4 is 47.5 Å². The zero-order valence-electron chi connectivity index (χ0n) is 26.1. The summed E-state index contributed by atoms with van der Waals surface area (Å²) in [5, 5.41) is 46.3. The Morgan fingerprint density at radius 2 is 1.02 bits per heavy atom. The molecule has 17 nitrogen and oxygen atoms in total. The van der Waals surface area contributed by atoms with Crippen LogP contribution in [-0.4, -0.2) is 98.1 Å². The smallest absolute Gasteiger partial charge is 0.326 e. The molecule has 0 radical (unpaired) electrons. The third-order valence-corrected chi connectivity index (χ3v) is 7.25. The molecule has 0 aliphatic carbocycles. The monoisotopic (exact) mass is 665 g/mol. The zero-order chi connectivity index (χ0) is 35.7. The van der Waals surface area contributed by atoms with Gasteiger partial charge >= 0.3 is 23.9 Å². The van der Waals surface area contributed by atoms with Gasteiger partial charge in [0.05, 0.1) is 6.04 Å². The lowest BCUT2D eigenvalue weighted by atomic mass is 9.98. The van der Waals surface area contributed by atoms with Crippen LogP contribution in [0.25, 0.3) is 0 Å². The van der Waals surface area contributed by atoms with Crippen molar-refractivity contribution in [1.29, 1.82) is 0 Å². The van der Waals surface area contributed by atoms with Crippen molar-refractivity contribution in [3.63, 3.8) is 0 Å². The minimum atomic E-state index is -1.65. The highest BCUT2D eigenvalue weighted by Crippen LogP contribution is 2.11. The van der Waals surface area contributed by atoms with Gasteiger partial charge in [0, 0.05) is 19.3 Å². The van der Waals surface area contributed by atoms with Gasteiger partial charge in [-0.05, 0) is 37.2 Å². The van der Waals surface area contributed by atoms with E-state index in [2.05, 4.69) is 21.3 Å². The molecule has 6 unspecified atom stereocenters. The van der Waals surface area contributed by atoms with Crippen LogP contribution in [0.5, 0.6) is 0 Å². The first-order valence-electron chi connectivity index (χ1n) is 14.9. The minimum absolute atomic E-state index is 0.0865. The van der Waals surface area contributed by atoms with Crippen molar-refractivity contribution in [1.82, 2.24) is 21.3 Å². The normalized spacial score (nSPS) is 14.6. The number of nitrogens with two attached hydrogens (primary N) is 1. The highest BCUT2D eigenvalue weighted by Gasteiger charge is 2.33. The molecular weight excluding hydrogens is 622 g/mol. The molecule has 1 rings (SSSR count). The van der Waals surface area contributed by atoms with E-state index in [1.165, 1.54) is 0 Å². The zero-order valence-corrected chi connectivity index (χ0v) is 26.1. The van der Waals surface area contributed by atoms with Crippen LogP contribution in [0.2, 0.25) is 0 Å². The van der Waals surface area contributed by atoms with Crippen LogP contribution in [0.15, 0.2) is 30.3 Å². The Bertz CT molecular complexity index is 1270. The molecule has 0 bridgehead atoms. The van der Waals surface area contributed by atoms with Crippen LogP contribution < -0.4 is 27.0 Å². The Kier molecular flexibility index (Phi) is 17.1. The van der Waals surface area contributed by atoms with Crippen LogP contribution >= 0.6 is 0 Å². The summed E-state index contributed by atoms with van der Waals surface area (Å²) in [5.41, 5.74) is 6.71. The second kappa shape index (κ2) is 20.1. The number of nitrogens with one attached hydrogen (secondary N) is 4. The van der Waals surface area contributed by atoms with Crippen LogP contribution in [0, 0.1) is 5.92 Å². The van der Waals surface area contributed by atoms with E-state index in [0.717, 1.165) is 0 Å². The highest BCUT2D eigenvalue weighted by atomic mass is 16.4. The van der Waals surface area contributed by atoms with Gasteiger partial charge in [0.25, 0.3) is 0 Å². The average molecular weight is 666 g/mol. The average Bonchev–Trinajstić information content (AvgIpc) is 3.01. The number of amides is 4. The second-order valence-electron chi connectivity index (χ2n) is 11.0. The fourth-order valence-electron chi connectivity index (χ4n) is 4.33. The molecule has 47 heavy (non-hydrogen) atoms. The molecule has 4 amide bonds. The first-order chi connectivity index (χ1) is 22.0. The predicted octanol–water partition coefficient (Wildman–Crippen LogP) is -0.779. The maximum Gasteiger partial charge on any atom is 0.326 e. The Labute approximate surface area is 270 Å². The third-order valence-electron chi connectivity index (χ3n) is 7.25. The lowest BCUT2D eigenvalue weighted by Crippen LogP contribution is -2.59. The number of carboxylic acid groups (broad SMARTS) is 4. The number of benzene rings is 1. The summed E-state index contributed by atoms with van der Waals surface area (Å²) in [4.78, 5) is 98.0. The van der Waals surface area contributed by atoms with Crippen molar-refractivity contribution in [2.45, 2.75) is 95.4 Å². The van der Waals surface area contributed by atoms with Crippen LogP contribution in [-0.2, 0) is 44.8 Å². The van der Waals surface area contributed by atoms with Gasteiger partial charge in [0.2, 0.25) is 23.6 Å².